The summed E-state index contributed by atoms with van der Waals surface area (Å²) in [5.74, 6) is -3.34. The molecule has 2 aliphatic rings. The summed E-state index contributed by atoms with van der Waals surface area (Å²) in [5, 5.41) is 1.76. The minimum atomic E-state index is -1.20. The molecule has 8 heteroatoms. The van der Waals surface area contributed by atoms with E-state index in [4.69, 9.17) is 0 Å². The third-order valence-electron chi connectivity index (χ3n) is 2.52. The van der Waals surface area contributed by atoms with E-state index >= 15 is 0 Å². The zero-order valence-electron chi connectivity index (χ0n) is 8.22. The molecule has 0 aromatic rings. The van der Waals surface area contributed by atoms with E-state index in [0.717, 1.165) is 4.90 Å². The molecular formula is C8H7N3O5. The van der Waals surface area contributed by atoms with Crippen LogP contribution in [-0.4, -0.2) is 52.5 Å². The molecule has 1 atom stereocenters. The summed E-state index contributed by atoms with van der Waals surface area (Å²) < 4.78 is 0. The normalized spacial score (nSPS) is 25.8. The van der Waals surface area contributed by atoms with E-state index in [0.29, 0.717) is 4.90 Å². The van der Waals surface area contributed by atoms with Gasteiger partial charge in [-0.05, 0) is 0 Å². The van der Waals surface area contributed by atoms with E-state index < -0.39 is 35.7 Å². The van der Waals surface area contributed by atoms with Crippen molar-refractivity contribution in [2.75, 3.05) is 7.05 Å². The molecule has 2 aliphatic heterocycles. The Labute approximate surface area is 89.2 Å². The molecule has 0 aromatic carbocycles. The smallest absolute Gasteiger partial charge is 0.284 e. The number of hydrogen-bond donors (Lipinski definition) is 1. The van der Waals surface area contributed by atoms with Crippen LogP contribution < -0.4 is 5.32 Å². The Kier molecular flexibility index (Phi) is 2.00. The number of imide groups is 3. The zero-order chi connectivity index (χ0) is 12.0. The summed E-state index contributed by atoms with van der Waals surface area (Å²) in [6.07, 6.45) is -0.276. The van der Waals surface area contributed by atoms with Crippen molar-refractivity contribution in [1.29, 1.82) is 0 Å². The fourth-order valence-electron chi connectivity index (χ4n) is 1.63. The first-order valence-electron chi connectivity index (χ1n) is 4.42. The minimum Gasteiger partial charge on any atom is -0.284 e. The molecule has 0 radical (unpaired) electrons. The van der Waals surface area contributed by atoms with Gasteiger partial charge in [-0.3, -0.25) is 29.4 Å². The number of rotatable bonds is 1. The zero-order valence-corrected chi connectivity index (χ0v) is 8.22. The van der Waals surface area contributed by atoms with Crippen LogP contribution in [0.1, 0.15) is 6.42 Å². The monoisotopic (exact) mass is 225 g/mol. The van der Waals surface area contributed by atoms with E-state index in [1.165, 1.54) is 7.05 Å². The molecule has 16 heavy (non-hydrogen) atoms. The number of nitrogens with zero attached hydrogens (tertiary/aromatic N) is 2. The van der Waals surface area contributed by atoms with Crippen LogP contribution in [0, 0.1) is 0 Å². The molecule has 0 aromatic heterocycles. The number of carbonyl (C=O) groups is 5. The van der Waals surface area contributed by atoms with Crippen LogP contribution in [0.5, 0.6) is 0 Å². The van der Waals surface area contributed by atoms with Crippen molar-refractivity contribution in [3.63, 3.8) is 0 Å². The van der Waals surface area contributed by atoms with E-state index in [1.54, 1.807) is 5.32 Å². The van der Waals surface area contributed by atoms with Gasteiger partial charge in [-0.1, -0.05) is 0 Å². The Morgan fingerprint density at radius 3 is 2.19 bits per heavy atom. The van der Waals surface area contributed by atoms with Crippen molar-refractivity contribution in [2.45, 2.75) is 12.5 Å². The third kappa shape index (κ3) is 1.19. The summed E-state index contributed by atoms with van der Waals surface area (Å²) in [7, 11) is 1.25. The number of amides is 6. The second-order valence-corrected chi connectivity index (χ2v) is 3.45. The maximum absolute atomic E-state index is 11.5. The van der Waals surface area contributed by atoms with Crippen LogP contribution >= 0.6 is 0 Å². The topological polar surface area (TPSA) is 104 Å². The van der Waals surface area contributed by atoms with Crippen LogP contribution in [0.2, 0.25) is 0 Å². The van der Waals surface area contributed by atoms with E-state index in [1.807, 2.05) is 0 Å². The summed E-state index contributed by atoms with van der Waals surface area (Å²) >= 11 is 0. The maximum Gasteiger partial charge on any atom is 0.332 e. The Morgan fingerprint density at radius 1 is 1.19 bits per heavy atom. The van der Waals surface area contributed by atoms with E-state index in [-0.39, 0.29) is 6.42 Å². The fourth-order valence-corrected chi connectivity index (χ4v) is 1.63. The van der Waals surface area contributed by atoms with Crippen LogP contribution in [-0.2, 0) is 19.2 Å². The highest BCUT2D eigenvalue weighted by Crippen LogP contribution is 2.19. The van der Waals surface area contributed by atoms with Gasteiger partial charge in [-0.25, -0.2) is 9.69 Å². The van der Waals surface area contributed by atoms with E-state index in [2.05, 4.69) is 0 Å². The molecule has 2 saturated heterocycles. The van der Waals surface area contributed by atoms with Gasteiger partial charge >= 0.3 is 17.8 Å². The molecule has 1 N–H and O–H groups in total. The predicted molar refractivity (Wildman–Crippen MR) is 46.6 cm³/mol. The fraction of sp³-hybridized carbons (Fsp3) is 0.375. The number of likely N-dealkylation sites (N-methyl/N-ethyl adjacent to an activating group) is 1. The first-order valence-corrected chi connectivity index (χ1v) is 4.42. The summed E-state index contributed by atoms with van der Waals surface area (Å²) in [6.45, 7) is 0. The molecule has 0 saturated carbocycles. The first-order chi connectivity index (χ1) is 7.43. The summed E-state index contributed by atoms with van der Waals surface area (Å²) in [4.78, 5) is 57.4. The number of urea groups is 1. The molecule has 2 rings (SSSR count). The summed E-state index contributed by atoms with van der Waals surface area (Å²) in [6, 6.07) is -2.16. The van der Waals surface area contributed by atoms with Crippen LogP contribution in [0.15, 0.2) is 0 Å². The maximum atomic E-state index is 11.5. The van der Waals surface area contributed by atoms with E-state index in [9.17, 15) is 24.0 Å². The Bertz CT molecular complexity index is 443. The van der Waals surface area contributed by atoms with Gasteiger partial charge in [0.2, 0.25) is 5.91 Å². The standard InChI is InChI=1S/C8H7N3O5/c1-10-4(12)2-3(6(10)14)11-7(15)5(13)9-8(11)16/h3H,2H2,1H3,(H,9,13,16). The van der Waals surface area contributed by atoms with Gasteiger partial charge in [0.1, 0.15) is 6.04 Å². The second kappa shape index (κ2) is 3.12. The second-order valence-electron chi connectivity index (χ2n) is 3.45. The van der Waals surface area contributed by atoms with Crippen molar-refractivity contribution in [3.8, 4) is 0 Å². The lowest BCUT2D eigenvalue weighted by molar-refractivity contribution is -0.144. The average Bonchev–Trinajstić information content (AvgIpc) is 2.60. The van der Waals surface area contributed by atoms with Crippen molar-refractivity contribution in [3.05, 3.63) is 0 Å². The average molecular weight is 225 g/mol. The molecule has 8 nitrogen and oxygen atoms in total. The molecule has 0 spiro atoms. The van der Waals surface area contributed by atoms with Gasteiger partial charge in [0, 0.05) is 7.05 Å². The number of likely N-dealkylation sites (tertiary alicyclic amines) is 1. The molecule has 2 fully saturated rings. The molecule has 6 amide bonds. The molecular weight excluding hydrogens is 218 g/mol. The quantitative estimate of drug-likeness (QED) is 0.310. The Morgan fingerprint density at radius 2 is 1.81 bits per heavy atom. The van der Waals surface area contributed by atoms with Crippen molar-refractivity contribution >= 4 is 29.7 Å². The van der Waals surface area contributed by atoms with Crippen LogP contribution in [0.4, 0.5) is 4.79 Å². The highest BCUT2D eigenvalue weighted by molar-refractivity contribution is 6.45. The predicted octanol–water partition coefficient (Wildman–Crippen LogP) is -2.18. The lowest BCUT2D eigenvalue weighted by Crippen LogP contribution is -2.45. The highest BCUT2D eigenvalue weighted by atomic mass is 16.2. The van der Waals surface area contributed by atoms with Crippen molar-refractivity contribution in [1.82, 2.24) is 15.1 Å². The summed E-state index contributed by atoms with van der Waals surface area (Å²) in [5.41, 5.74) is 0. The highest BCUT2D eigenvalue weighted by Gasteiger charge is 2.49. The van der Waals surface area contributed by atoms with Gasteiger partial charge < -0.3 is 0 Å². The number of nitrogens with one attached hydrogen (secondary N) is 1. The first kappa shape index (κ1) is 10.3. The molecule has 2 heterocycles. The van der Waals surface area contributed by atoms with Gasteiger partial charge in [0.05, 0.1) is 6.42 Å². The third-order valence-corrected chi connectivity index (χ3v) is 2.52. The number of hydrogen-bond acceptors (Lipinski definition) is 5. The van der Waals surface area contributed by atoms with Crippen molar-refractivity contribution in [2.24, 2.45) is 0 Å². The SMILES string of the molecule is CN1C(=O)CC(N2C(=O)NC(=O)C2=O)C1=O. The van der Waals surface area contributed by atoms with Gasteiger partial charge in [0.15, 0.2) is 0 Å². The minimum absolute atomic E-state index is 0.276. The molecule has 84 valence electrons. The largest absolute Gasteiger partial charge is 0.332 e. The Balaban J connectivity index is 2.30. The number of carbonyl (C=O) groups excluding carboxylic acids is 5. The van der Waals surface area contributed by atoms with Gasteiger partial charge in [0.25, 0.3) is 5.91 Å². The van der Waals surface area contributed by atoms with Gasteiger partial charge in [-0.2, -0.15) is 0 Å². The van der Waals surface area contributed by atoms with Crippen molar-refractivity contribution < 1.29 is 24.0 Å². The molecule has 1 unspecified atom stereocenters. The lowest BCUT2D eigenvalue weighted by atomic mass is 10.2. The van der Waals surface area contributed by atoms with Crippen LogP contribution in [0.3, 0.4) is 0 Å². The van der Waals surface area contributed by atoms with Crippen LogP contribution in [0.25, 0.3) is 0 Å². The van der Waals surface area contributed by atoms with Gasteiger partial charge in [-0.15, -0.1) is 0 Å². The molecule has 0 aliphatic carbocycles. The Hall–Kier alpha value is -2.25. The lowest BCUT2D eigenvalue weighted by Gasteiger charge is -2.16. The molecule has 0 bridgehead atoms.